The Kier molecular flexibility index (Phi) is 4.48. The van der Waals surface area contributed by atoms with E-state index in [1.54, 1.807) is 23.8 Å². The van der Waals surface area contributed by atoms with Gasteiger partial charge in [-0.1, -0.05) is 6.07 Å². The number of ether oxygens (including phenoxy) is 2. The topological polar surface area (TPSA) is 63.5 Å². The normalized spacial score (nSPS) is 25.3. The maximum Gasteiger partial charge on any atom is 0.260 e. The van der Waals surface area contributed by atoms with Crippen molar-refractivity contribution >= 4 is 23.6 Å². The van der Waals surface area contributed by atoms with E-state index in [4.69, 9.17) is 9.47 Å². The van der Waals surface area contributed by atoms with E-state index in [-0.39, 0.29) is 17.2 Å². The highest BCUT2D eigenvalue weighted by atomic mass is 32.2. The van der Waals surface area contributed by atoms with Crippen molar-refractivity contribution in [1.82, 2.24) is 9.80 Å². The monoisotopic (exact) mass is 378 g/mol. The first-order valence-electron chi connectivity index (χ1n) is 8.86. The van der Waals surface area contributed by atoms with E-state index in [0.717, 1.165) is 31.7 Å². The number of likely N-dealkylation sites (N-methyl/N-ethyl adjacent to an activating group) is 1. The summed E-state index contributed by atoms with van der Waals surface area (Å²) in [6, 6.07) is 3.34. The summed E-state index contributed by atoms with van der Waals surface area (Å²) in [5.74, 6) is 1.57. The number of piperazine rings is 1. The number of nitrogens with zero attached hydrogens (tertiary/aromatic N) is 2. The lowest BCUT2D eigenvalue weighted by atomic mass is 10.1. The number of nitrogens with one attached hydrogen (secondary N) is 1. The molecule has 3 heterocycles. The van der Waals surface area contributed by atoms with E-state index in [0.29, 0.717) is 22.8 Å². The minimum atomic E-state index is -0.404. The van der Waals surface area contributed by atoms with Gasteiger partial charge < -0.3 is 24.2 Å². The molecule has 2 amide bonds. The Hall–Kier alpha value is -1.93. The molecule has 0 spiro atoms. The van der Waals surface area contributed by atoms with Crippen LogP contribution in [0.5, 0.6) is 11.5 Å². The second-order valence-corrected chi connectivity index (χ2v) is 8.07. The fourth-order valence-electron chi connectivity index (χ4n) is 4.00. The summed E-state index contributed by atoms with van der Waals surface area (Å²) < 4.78 is 10.8. The zero-order valence-electron chi connectivity index (χ0n) is 15.3. The fraction of sp³-hybridized carbons (Fsp3) is 0.556. The van der Waals surface area contributed by atoms with E-state index < -0.39 is 6.04 Å². The molecule has 3 aliphatic rings. The van der Waals surface area contributed by atoms with Gasteiger partial charge in [0.15, 0.2) is 11.5 Å². The van der Waals surface area contributed by atoms with E-state index in [9.17, 15) is 9.59 Å². The highest BCUT2D eigenvalue weighted by molar-refractivity contribution is 7.99. The minimum Gasteiger partial charge on any atom is -0.493 e. The Labute approximate surface area is 157 Å². The smallest absolute Gasteiger partial charge is 0.260 e. The van der Waals surface area contributed by atoms with Crippen LogP contribution in [0.15, 0.2) is 12.1 Å². The van der Waals surface area contributed by atoms with Crippen LogP contribution >= 0.6 is 11.8 Å². The molecule has 0 unspecified atom stereocenters. The van der Waals surface area contributed by atoms with Gasteiger partial charge in [0.2, 0.25) is 5.91 Å². The predicted octanol–water partition coefficient (Wildman–Crippen LogP) is -0.369. The van der Waals surface area contributed by atoms with Crippen molar-refractivity contribution in [2.75, 3.05) is 53.2 Å². The number of carbonyl (C=O) groups is 2. The predicted molar refractivity (Wildman–Crippen MR) is 97.9 cm³/mol. The molecule has 3 aliphatic heterocycles. The zero-order valence-corrected chi connectivity index (χ0v) is 16.1. The second kappa shape index (κ2) is 6.66. The number of hydrogen-bond acceptors (Lipinski definition) is 5. The highest BCUT2D eigenvalue weighted by Crippen LogP contribution is 2.52. The molecule has 0 radical (unpaired) electrons. The summed E-state index contributed by atoms with van der Waals surface area (Å²) in [6.45, 7) is 3.41. The first kappa shape index (κ1) is 17.5. The molecule has 0 bridgehead atoms. The highest BCUT2D eigenvalue weighted by Gasteiger charge is 2.51. The van der Waals surface area contributed by atoms with E-state index in [1.807, 2.05) is 17.0 Å². The van der Waals surface area contributed by atoms with Gasteiger partial charge in [0.1, 0.15) is 11.4 Å². The minimum absolute atomic E-state index is 0.0691. The number of rotatable bonds is 3. The summed E-state index contributed by atoms with van der Waals surface area (Å²) in [5, 5.41) is -0.121. The molecule has 4 rings (SSSR count). The SMILES string of the molecule is COc1ccc2c(c1OC)C(=O)N1[C@@H](C(=O)N3CC[NH+](C)CC3)CS[C@@H]21. The molecule has 0 saturated carbocycles. The van der Waals surface area contributed by atoms with Gasteiger partial charge in [0.25, 0.3) is 5.91 Å². The van der Waals surface area contributed by atoms with Crippen LogP contribution in [0.4, 0.5) is 0 Å². The Morgan fingerprint density at radius 2 is 1.96 bits per heavy atom. The van der Waals surface area contributed by atoms with Crippen molar-refractivity contribution < 1.29 is 24.0 Å². The molecule has 2 saturated heterocycles. The van der Waals surface area contributed by atoms with Gasteiger partial charge in [-0.05, 0) is 6.07 Å². The van der Waals surface area contributed by atoms with Crippen LogP contribution in [0.3, 0.4) is 0 Å². The third kappa shape index (κ3) is 2.54. The van der Waals surface area contributed by atoms with Crippen molar-refractivity contribution in [1.29, 1.82) is 0 Å². The van der Waals surface area contributed by atoms with Gasteiger partial charge in [0, 0.05) is 11.3 Å². The summed E-state index contributed by atoms with van der Waals surface area (Å²) in [7, 11) is 5.24. The third-order valence-electron chi connectivity index (χ3n) is 5.51. The van der Waals surface area contributed by atoms with Crippen LogP contribution in [-0.2, 0) is 4.79 Å². The van der Waals surface area contributed by atoms with Crippen molar-refractivity contribution in [3.8, 4) is 11.5 Å². The average Bonchev–Trinajstić information content (AvgIpc) is 3.21. The van der Waals surface area contributed by atoms with Gasteiger partial charge in [0.05, 0.1) is 53.0 Å². The fourth-order valence-corrected chi connectivity index (χ4v) is 5.45. The lowest BCUT2D eigenvalue weighted by Gasteiger charge is -2.33. The lowest BCUT2D eigenvalue weighted by molar-refractivity contribution is -0.883. The van der Waals surface area contributed by atoms with Crippen LogP contribution in [0.25, 0.3) is 0 Å². The third-order valence-corrected chi connectivity index (χ3v) is 6.81. The molecule has 1 aromatic carbocycles. The van der Waals surface area contributed by atoms with Crippen molar-refractivity contribution in [2.45, 2.75) is 11.4 Å². The number of hydrogen-bond donors (Lipinski definition) is 1. The van der Waals surface area contributed by atoms with E-state index in [2.05, 4.69) is 7.05 Å². The maximum atomic E-state index is 13.2. The molecule has 2 fully saturated rings. The summed E-state index contributed by atoms with van der Waals surface area (Å²) >= 11 is 1.65. The van der Waals surface area contributed by atoms with Crippen LogP contribution < -0.4 is 14.4 Å². The number of methoxy groups -OCH3 is 2. The molecule has 7 nitrogen and oxygen atoms in total. The second-order valence-electron chi connectivity index (χ2n) is 6.96. The van der Waals surface area contributed by atoms with E-state index in [1.165, 1.54) is 12.0 Å². The Morgan fingerprint density at radius 3 is 2.62 bits per heavy atom. The standard InChI is InChI=1S/C18H23N3O4S/c1-19-6-8-20(9-7-19)16(22)12-10-26-18-11-4-5-13(24-2)15(25-3)14(11)17(23)21(12)18/h4-5,12,18H,6-10H2,1-3H3/p+1/t12-,18+/m1/s1. The molecule has 1 N–H and O–H groups in total. The summed E-state index contributed by atoms with van der Waals surface area (Å²) in [6.07, 6.45) is 0. The Bertz CT molecular complexity index is 748. The first-order chi connectivity index (χ1) is 12.6. The number of fused-ring (bicyclic) bond motifs is 3. The molecule has 26 heavy (non-hydrogen) atoms. The summed E-state index contributed by atoms with van der Waals surface area (Å²) in [4.78, 5) is 31.3. The van der Waals surface area contributed by atoms with Crippen LogP contribution in [0.2, 0.25) is 0 Å². The number of amides is 2. The van der Waals surface area contributed by atoms with Gasteiger partial charge in [-0.2, -0.15) is 0 Å². The molecule has 0 aliphatic carbocycles. The molecule has 2 atom stereocenters. The zero-order chi connectivity index (χ0) is 18.4. The van der Waals surface area contributed by atoms with Crippen molar-refractivity contribution in [3.05, 3.63) is 23.3 Å². The number of thioether (sulfide) groups is 1. The van der Waals surface area contributed by atoms with E-state index >= 15 is 0 Å². The molecule has 0 aromatic heterocycles. The van der Waals surface area contributed by atoms with Crippen molar-refractivity contribution in [3.63, 3.8) is 0 Å². The lowest BCUT2D eigenvalue weighted by Crippen LogP contribution is -3.12. The molecule has 8 heteroatoms. The number of benzene rings is 1. The van der Waals surface area contributed by atoms with Crippen LogP contribution in [0, 0.1) is 0 Å². The quantitative estimate of drug-likeness (QED) is 0.778. The van der Waals surface area contributed by atoms with Gasteiger partial charge >= 0.3 is 0 Å². The first-order valence-corrected chi connectivity index (χ1v) is 9.91. The number of quaternary nitrogens is 1. The largest absolute Gasteiger partial charge is 0.493 e. The molecular weight excluding hydrogens is 354 g/mol. The molecule has 140 valence electrons. The van der Waals surface area contributed by atoms with Gasteiger partial charge in [-0.3, -0.25) is 9.59 Å². The Balaban J connectivity index is 1.63. The van der Waals surface area contributed by atoms with Crippen molar-refractivity contribution in [2.24, 2.45) is 0 Å². The molecule has 1 aromatic rings. The average molecular weight is 378 g/mol. The maximum absolute atomic E-state index is 13.2. The van der Waals surface area contributed by atoms with Gasteiger partial charge in [-0.15, -0.1) is 11.8 Å². The van der Waals surface area contributed by atoms with Gasteiger partial charge in [-0.25, -0.2) is 0 Å². The van der Waals surface area contributed by atoms with Crippen LogP contribution in [0.1, 0.15) is 21.3 Å². The molecular formula is C18H24N3O4S+. The van der Waals surface area contributed by atoms with Crippen LogP contribution in [-0.4, -0.2) is 80.9 Å². The summed E-state index contributed by atoms with van der Waals surface area (Å²) in [5.41, 5.74) is 1.44. The Morgan fingerprint density at radius 1 is 1.23 bits per heavy atom. The number of carbonyl (C=O) groups excluding carboxylic acids is 2.